The number of fused-ring (bicyclic) bond motifs is 1. The Morgan fingerprint density at radius 3 is 2.30 bits per heavy atom. The lowest BCUT2D eigenvalue weighted by atomic mass is 9.93. The van der Waals surface area contributed by atoms with Crippen LogP contribution >= 0.6 is 0 Å². The van der Waals surface area contributed by atoms with Gasteiger partial charge in [-0.05, 0) is 42.2 Å². The Hall–Kier alpha value is -3.15. The van der Waals surface area contributed by atoms with Crippen molar-refractivity contribution >= 4 is 17.8 Å². The van der Waals surface area contributed by atoms with E-state index in [9.17, 15) is 14.4 Å². The molecule has 154 valence electrons. The molecule has 6 heteroatoms. The number of carbonyl (C=O) groups is 3. The Morgan fingerprint density at radius 2 is 1.60 bits per heavy atom. The van der Waals surface area contributed by atoms with Crippen LogP contribution in [0, 0.1) is 5.92 Å². The molecule has 1 aliphatic carbocycles. The van der Waals surface area contributed by atoms with Gasteiger partial charge in [-0.25, -0.2) is 4.79 Å². The van der Waals surface area contributed by atoms with E-state index in [1.807, 2.05) is 41.3 Å². The van der Waals surface area contributed by atoms with Crippen molar-refractivity contribution in [2.24, 2.45) is 5.92 Å². The zero-order valence-corrected chi connectivity index (χ0v) is 16.8. The lowest BCUT2D eigenvalue weighted by Crippen LogP contribution is -2.51. The second kappa shape index (κ2) is 7.59. The zero-order valence-electron chi connectivity index (χ0n) is 16.8. The normalized spacial score (nSPS) is 21.1. The summed E-state index contributed by atoms with van der Waals surface area (Å²) in [5, 5.41) is 0. The van der Waals surface area contributed by atoms with E-state index in [0.717, 1.165) is 24.0 Å². The first-order valence-corrected chi connectivity index (χ1v) is 10.6. The summed E-state index contributed by atoms with van der Waals surface area (Å²) in [4.78, 5) is 41.4. The Labute approximate surface area is 175 Å². The van der Waals surface area contributed by atoms with Gasteiger partial charge in [-0.2, -0.15) is 0 Å². The largest absolute Gasteiger partial charge is 0.454 e. The number of piperazine rings is 1. The standard InChI is InChI=1S/C24H24N2O4/c27-22(17-6-7-17)25-10-12-26(13-11-25)23(28)18-8-9-20-19(14-18)15-21(30-24(20)29)16-4-2-1-3-5-16/h1-5,8-9,14,17,21H,6-7,10-13,15H2/t21-/m1/s1. The molecule has 0 radical (unpaired) electrons. The molecule has 1 atom stereocenters. The Morgan fingerprint density at radius 1 is 0.900 bits per heavy atom. The van der Waals surface area contributed by atoms with Crippen LogP contribution in [0.15, 0.2) is 48.5 Å². The van der Waals surface area contributed by atoms with Crippen molar-refractivity contribution in [1.29, 1.82) is 0 Å². The first-order valence-electron chi connectivity index (χ1n) is 10.6. The smallest absolute Gasteiger partial charge is 0.339 e. The van der Waals surface area contributed by atoms with Gasteiger partial charge in [0.25, 0.3) is 5.91 Å². The molecule has 2 aliphatic heterocycles. The van der Waals surface area contributed by atoms with Crippen molar-refractivity contribution in [3.63, 3.8) is 0 Å². The molecule has 1 saturated carbocycles. The Balaban J connectivity index is 1.30. The van der Waals surface area contributed by atoms with E-state index in [1.165, 1.54) is 0 Å². The van der Waals surface area contributed by atoms with Gasteiger partial charge in [-0.3, -0.25) is 9.59 Å². The third-order valence-electron chi connectivity index (χ3n) is 6.20. The van der Waals surface area contributed by atoms with Crippen molar-refractivity contribution in [3.8, 4) is 0 Å². The highest BCUT2D eigenvalue weighted by Crippen LogP contribution is 2.32. The number of cyclic esters (lactones) is 1. The summed E-state index contributed by atoms with van der Waals surface area (Å²) in [6, 6.07) is 14.9. The van der Waals surface area contributed by atoms with Crippen molar-refractivity contribution < 1.29 is 19.1 Å². The summed E-state index contributed by atoms with van der Waals surface area (Å²) >= 11 is 0. The first-order chi connectivity index (χ1) is 14.6. The molecule has 0 N–H and O–H groups in total. The predicted molar refractivity (Wildman–Crippen MR) is 110 cm³/mol. The number of nitrogens with zero attached hydrogens (tertiary/aromatic N) is 2. The van der Waals surface area contributed by atoms with Crippen molar-refractivity contribution in [2.45, 2.75) is 25.4 Å². The highest BCUT2D eigenvalue weighted by atomic mass is 16.5. The fourth-order valence-electron chi connectivity index (χ4n) is 4.28. The van der Waals surface area contributed by atoms with Gasteiger partial charge in [0.15, 0.2) is 0 Å². The van der Waals surface area contributed by atoms with Gasteiger partial charge < -0.3 is 14.5 Å². The molecular formula is C24H24N2O4. The van der Waals surface area contributed by atoms with Crippen LogP contribution in [0.5, 0.6) is 0 Å². The number of hydrogen-bond acceptors (Lipinski definition) is 4. The van der Waals surface area contributed by atoms with Gasteiger partial charge in [-0.1, -0.05) is 30.3 Å². The fourth-order valence-corrected chi connectivity index (χ4v) is 4.28. The van der Waals surface area contributed by atoms with E-state index in [-0.39, 0.29) is 29.8 Å². The van der Waals surface area contributed by atoms with Gasteiger partial charge in [0, 0.05) is 44.1 Å². The highest BCUT2D eigenvalue weighted by molar-refractivity contribution is 5.98. The van der Waals surface area contributed by atoms with E-state index in [0.29, 0.717) is 43.7 Å². The molecule has 0 aromatic heterocycles. The van der Waals surface area contributed by atoms with Gasteiger partial charge >= 0.3 is 5.97 Å². The number of ether oxygens (including phenoxy) is 1. The second-order valence-electron chi connectivity index (χ2n) is 8.27. The number of esters is 1. The summed E-state index contributed by atoms with van der Waals surface area (Å²) in [6.45, 7) is 2.27. The predicted octanol–water partition coefficient (Wildman–Crippen LogP) is 2.84. The topological polar surface area (TPSA) is 66.9 Å². The SMILES string of the molecule is O=C1O[C@@H](c2ccccc2)Cc2cc(C(=O)N3CCN(C(=O)C4CC4)CC3)ccc21. The van der Waals surface area contributed by atoms with Crippen LogP contribution in [0.4, 0.5) is 0 Å². The molecule has 2 fully saturated rings. The van der Waals surface area contributed by atoms with E-state index in [1.54, 1.807) is 17.0 Å². The molecule has 2 aromatic carbocycles. The molecule has 0 unspecified atom stereocenters. The van der Waals surface area contributed by atoms with Crippen LogP contribution in [0.1, 0.15) is 50.8 Å². The van der Waals surface area contributed by atoms with Crippen LogP contribution < -0.4 is 0 Å². The molecule has 30 heavy (non-hydrogen) atoms. The van der Waals surface area contributed by atoms with E-state index in [4.69, 9.17) is 4.74 Å². The summed E-state index contributed by atoms with van der Waals surface area (Å²) < 4.78 is 5.60. The molecule has 2 heterocycles. The molecule has 0 bridgehead atoms. The minimum absolute atomic E-state index is 0.0495. The molecule has 2 amide bonds. The zero-order chi connectivity index (χ0) is 20.7. The van der Waals surface area contributed by atoms with Gasteiger partial charge in [0.1, 0.15) is 6.10 Å². The number of amides is 2. The molecular weight excluding hydrogens is 380 g/mol. The van der Waals surface area contributed by atoms with E-state index >= 15 is 0 Å². The fraction of sp³-hybridized carbons (Fsp3) is 0.375. The van der Waals surface area contributed by atoms with E-state index < -0.39 is 0 Å². The van der Waals surface area contributed by atoms with E-state index in [2.05, 4.69) is 0 Å². The Bertz CT molecular complexity index is 992. The van der Waals surface area contributed by atoms with Crippen molar-refractivity contribution in [1.82, 2.24) is 9.80 Å². The minimum atomic E-state index is -0.351. The highest BCUT2D eigenvalue weighted by Gasteiger charge is 2.35. The van der Waals surface area contributed by atoms with Crippen molar-refractivity contribution in [3.05, 3.63) is 70.8 Å². The summed E-state index contributed by atoms with van der Waals surface area (Å²) in [6.07, 6.45) is 2.21. The maximum atomic E-state index is 13.0. The maximum Gasteiger partial charge on any atom is 0.339 e. The molecule has 5 rings (SSSR count). The molecule has 6 nitrogen and oxygen atoms in total. The van der Waals surface area contributed by atoms with Crippen LogP contribution in [-0.2, 0) is 16.0 Å². The second-order valence-corrected chi connectivity index (χ2v) is 8.27. The lowest BCUT2D eigenvalue weighted by molar-refractivity contribution is -0.134. The molecule has 3 aliphatic rings. The number of benzene rings is 2. The third-order valence-corrected chi connectivity index (χ3v) is 6.20. The quantitative estimate of drug-likeness (QED) is 0.738. The number of hydrogen-bond donors (Lipinski definition) is 0. The molecule has 0 spiro atoms. The first kappa shape index (κ1) is 18.9. The monoisotopic (exact) mass is 404 g/mol. The lowest BCUT2D eigenvalue weighted by Gasteiger charge is -2.35. The van der Waals surface area contributed by atoms with Crippen LogP contribution in [-0.4, -0.2) is 53.8 Å². The van der Waals surface area contributed by atoms with Crippen LogP contribution in [0.2, 0.25) is 0 Å². The molecule has 1 saturated heterocycles. The summed E-state index contributed by atoms with van der Waals surface area (Å²) in [7, 11) is 0. The van der Waals surface area contributed by atoms with Crippen LogP contribution in [0.25, 0.3) is 0 Å². The van der Waals surface area contributed by atoms with Crippen LogP contribution in [0.3, 0.4) is 0 Å². The van der Waals surface area contributed by atoms with Gasteiger partial charge in [0.2, 0.25) is 5.91 Å². The molecule has 2 aromatic rings. The van der Waals surface area contributed by atoms with Crippen molar-refractivity contribution in [2.75, 3.05) is 26.2 Å². The summed E-state index contributed by atoms with van der Waals surface area (Å²) in [5.41, 5.74) is 2.90. The number of rotatable bonds is 3. The van der Waals surface area contributed by atoms with Gasteiger partial charge in [0.05, 0.1) is 5.56 Å². The average Bonchev–Trinajstić information content (AvgIpc) is 3.64. The third kappa shape index (κ3) is 3.58. The Kier molecular flexibility index (Phi) is 4.77. The minimum Gasteiger partial charge on any atom is -0.454 e. The van der Waals surface area contributed by atoms with Gasteiger partial charge in [-0.15, -0.1) is 0 Å². The maximum absolute atomic E-state index is 13.0. The number of carbonyl (C=O) groups excluding carboxylic acids is 3. The average molecular weight is 404 g/mol. The summed E-state index contributed by atoms with van der Waals surface area (Å²) in [5.74, 6) is 0.0504.